The molecule has 0 saturated carbocycles. The van der Waals surface area contributed by atoms with Crippen LogP contribution in [0.5, 0.6) is 0 Å². The lowest BCUT2D eigenvalue weighted by atomic mass is 10.0. The molecule has 3 rings (SSSR count). The molecule has 1 fully saturated rings. The summed E-state index contributed by atoms with van der Waals surface area (Å²) in [6.07, 6.45) is 2.30. The number of halogens is 2. The fourth-order valence-corrected chi connectivity index (χ4v) is 5.49. The van der Waals surface area contributed by atoms with Crippen LogP contribution < -0.4 is 4.90 Å². The van der Waals surface area contributed by atoms with Crippen LogP contribution in [0.3, 0.4) is 0 Å². The van der Waals surface area contributed by atoms with Gasteiger partial charge in [-0.1, -0.05) is 18.5 Å². The number of sulfonamides is 1. The van der Waals surface area contributed by atoms with E-state index in [-0.39, 0.29) is 25.9 Å². The van der Waals surface area contributed by atoms with E-state index in [9.17, 15) is 22.8 Å². The first-order valence-corrected chi connectivity index (χ1v) is 12.1. The molecule has 0 spiro atoms. The second kappa shape index (κ2) is 10.5. The Morgan fingerprint density at radius 1 is 1.19 bits per heavy atom. The fourth-order valence-electron chi connectivity index (χ4n) is 3.65. The van der Waals surface area contributed by atoms with Gasteiger partial charge in [0.25, 0.3) is 0 Å². The summed E-state index contributed by atoms with van der Waals surface area (Å²) in [5.41, 5.74) is 0.958. The number of aromatic nitrogens is 2. The zero-order valence-electron chi connectivity index (χ0n) is 17.5. The summed E-state index contributed by atoms with van der Waals surface area (Å²) in [4.78, 5) is 21.0. The molecule has 1 amide bonds. The molecule has 2 atom stereocenters. The molecule has 2 heterocycles. The van der Waals surface area contributed by atoms with Gasteiger partial charge in [-0.25, -0.2) is 27.8 Å². The molecule has 1 N–H and O–H groups in total. The smallest absolute Gasteiger partial charge is 0.233 e. The molecule has 1 aromatic carbocycles. The van der Waals surface area contributed by atoms with Gasteiger partial charge in [-0.15, -0.1) is 0 Å². The van der Waals surface area contributed by atoms with Crippen molar-refractivity contribution in [3.63, 3.8) is 0 Å². The molecular formula is C20H25ClFN5O4S. The lowest BCUT2D eigenvalue weighted by Crippen LogP contribution is -2.51. The molecular weight excluding hydrogens is 461 g/mol. The molecule has 1 aliphatic rings. The van der Waals surface area contributed by atoms with E-state index in [1.807, 2.05) is 12.1 Å². The van der Waals surface area contributed by atoms with Crippen LogP contribution in [0.25, 0.3) is 0 Å². The van der Waals surface area contributed by atoms with Gasteiger partial charge < -0.3 is 4.90 Å². The van der Waals surface area contributed by atoms with Crippen LogP contribution in [0.1, 0.15) is 25.1 Å². The Morgan fingerprint density at radius 2 is 1.78 bits per heavy atom. The van der Waals surface area contributed by atoms with E-state index >= 15 is 0 Å². The number of hydroxylamine groups is 2. The van der Waals surface area contributed by atoms with E-state index in [2.05, 4.69) is 14.9 Å². The zero-order chi connectivity index (χ0) is 23.3. The Balaban J connectivity index is 1.64. The third-order valence-electron chi connectivity index (χ3n) is 5.42. The van der Waals surface area contributed by atoms with E-state index < -0.39 is 33.6 Å². The van der Waals surface area contributed by atoms with E-state index in [1.165, 1.54) is 4.31 Å². The van der Waals surface area contributed by atoms with Gasteiger partial charge in [0.1, 0.15) is 5.82 Å². The summed E-state index contributed by atoms with van der Waals surface area (Å²) in [5.74, 6) is -1.15. The van der Waals surface area contributed by atoms with Crippen molar-refractivity contribution in [3.05, 3.63) is 53.3 Å². The minimum absolute atomic E-state index is 0.0881. The summed E-state index contributed by atoms with van der Waals surface area (Å²) >= 11 is 5.92. The molecule has 1 aromatic heterocycles. The molecule has 1 aliphatic heterocycles. The van der Waals surface area contributed by atoms with Gasteiger partial charge in [-0.3, -0.25) is 10.0 Å². The van der Waals surface area contributed by atoms with Crippen molar-refractivity contribution in [2.24, 2.45) is 0 Å². The Hall–Kier alpha value is -2.34. The fraction of sp³-hybridized carbons (Fsp3) is 0.450. The Bertz CT molecular complexity index is 1000. The first kappa shape index (κ1) is 24.3. The maximum atomic E-state index is 13.1. The van der Waals surface area contributed by atoms with Crippen molar-refractivity contribution in [1.82, 2.24) is 19.3 Å². The maximum Gasteiger partial charge on any atom is 0.233 e. The number of benzene rings is 1. The number of anilines is 1. The van der Waals surface area contributed by atoms with Crippen LogP contribution in [0.15, 0.2) is 36.7 Å². The molecule has 12 heteroatoms. The zero-order valence-corrected chi connectivity index (χ0v) is 19.1. The van der Waals surface area contributed by atoms with Crippen molar-refractivity contribution >= 4 is 33.7 Å². The van der Waals surface area contributed by atoms with Gasteiger partial charge in [0.05, 0.1) is 24.2 Å². The summed E-state index contributed by atoms with van der Waals surface area (Å²) < 4.78 is 40.5. The van der Waals surface area contributed by atoms with E-state index in [0.29, 0.717) is 29.0 Å². The second-order valence-corrected chi connectivity index (χ2v) is 10.1. The predicted molar refractivity (Wildman–Crippen MR) is 118 cm³/mol. The van der Waals surface area contributed by atoms with Gasteiger partial charge >= 0.3 is 0 Å². The van der Waals surface area contributed by atoms with Crippen molar-refractivity contribution in [1.29, 1.82) is 0 Å². The highest BCUT2D eigenvalue weighted by Crippen LogP contribution is 2.23. The Morgan fingerprint density at radius 3 is 2.34 bits per heavy atom. The van der Waals surface area contributed by atoms with Crippen molar-refractivity contribution < 1.29 is 22.8 Å². The van der Waals surface area contributed by atoms with E-state index in [1.54, 1.807) is 19.1 Å². The van der Waals surface area contributed by atoms with Crippen LogP contribution >= 0.6 is 11.6 Å². The molecule has 174 valence electrons. The topological polar surface area (TPSA) is 107 Å². The van der Waals surface area contributed by atoms with Gasteiger partial charge in [0, 0.05) is 42.8 Å². The largest absolute Gasteiger partial charge is 0.369 e. The maximum absolute atomic E-state index is 13.1. The lowest BCUT2D eigenvalue weighted by molar-refractivity contribution is -0.159. The van der Waals surface area contributed by atoms with Crippen LogP contribution in [-0.4, -0.2) is 77.3 Å². The first-order chi connectivity index (χ1) is 15.2. The van der Waals surface area contributed by atoms with Crippen LogP contribution in [-0.2, 0) is 14.8 Å². The number of hydrogen-bond acceptors (Lipinski definition) is 7. The standard InChI is InChI=1S/C20H25ClFN5O4S/c1-15(20-23-11-17(22)12-24-20)10-19(27(29)14-28)13-32(30,31)26-8-6-25(7-9-26)18-4-2-16(21)3-5-18/h2-5,11-12,14-15,19,29H,6-10,13H2,1H3. The number of carbonyl (C=O) groups is 1. The highest BCUT2D eigenvalue weighted by molar-refractivity contribution is 7.89. The monoisotopic (exact) mass is 485 g/mol. The van der Waals surface area contributed by atoms with Crippen LogP contribution in [0.4, 0.5) is 10.1 Å². The normalized spacial score (nSPS) is 17.1. The number of hydrogen-bond donors (Lipinski definition) is 1. The van der Waals surface area contributed by atoms with Gasteiger partial charge in [0.15, 0.2) is 5.82 Å². The summed E-state index contributed by atoms with van der Waals surface area (Å²) in [7, 11) is -3.76. The quantitative estimate of drug-likeness (QED) is 0.329. The number of nitrogens with zero attached hydrogens (tertiary/aromatic N) is 5. The molecule has 2 unspecified atom stereocenters. The number of piperazine rings is 1. The second-order valence-electron chi connectivity index (χ2n) is 7.68. The molecule has 2 aromatic rings. The summed E-state index contributed by atoms with van der Waals surface area (Å²) in [6, 6.07) is 6.33. The third kappa shape index (κ3) is 6.12. The number of rotatable bonds is 9. The Kier molecular flexibility index (Phi) is 7.99. The molecule has 0 bridgehead atoms. The SMILES string of the molecule is CC(CC(CS(=O)(=O)N1CCN(c2ccc(Cl)cc2)CC1)N(O)C=O)c1ncc(F)cn1. The van der Waals surface area contributed by atoms with Gasteiger partial charge in [-0.2, -0.15) is 4.31 Å². The number of carbonyl (C=O) groups excluding carboxylic acids is 1. The first-order valence-electron chi connectivity index (χ1n) is 10.1. The molecule has 1 saturated heterocycles. The average molecular weight is 486 g/mol. The third-order valence-corrected chi connectivity index (χ3v) is 7.63. The summed E-state index contributed by atoms with van der Waals surface area (Å²) in [5, 5.41) is 11.0. The minimum Gasteiger partial charge on any atom is -0.369 e. The van der Waals surface area contributed by atoms with Gasteiger partial charge in [-0.05, 0) is 30.7 Å². The van der Waals surface area contributed by atoms with Crippen molar-refractivity contribution in [2.75, 3.05) is 36.8 Å². The van der Waals surface area contributed by atoms with Crippen molar-refractivity contribution in [2.45, 2.75) is 25.3 Å². The van der Waals surface area contributed by atoms with Crippen molar-refractivity contribution in [3.8, 4) is 0 Å². The predicted octanol–water partition coefficient (Wildman–Crippen LogP) is 2.13. The highest BCUT2D eigenvalue weighted by atomic mass is 35.5. The molecule has 0 radical (unpaired) electrons. The van der Waals surface area contributed by atoms with E-state index in [0.717, 1.165) is 18.1 Å². The molecule has 9 nitrogen and oxygen atoms in total. The van der Waals surface area contributed by atoms with E-state index in [4.69, 9.17) is 11.6 Å². The molecule has 32 heavy (non-hydrogen) atoms. The minimum atomic E-state index is -3.76. The Labute approximate surface area is 191 Å². The summed E-state index contributed by atoms with van der Waals surface area (Å²) in [6.45, 7) is 3.28. The average Bonchev–Trinajstić information content (AvgIpc) is 2.79. The lowest BCUT2D eigenvalue weighted by Gasteiger charge is -2.36. The highest BCUT2D eigenvalue weighted by Gasteiger charge is 2.33. The van der Waals surface area contributed by atoms with Gasteiger partial charge in [0.2, 0.25) is 16.4 Å². The molecule has 0 aliphatic carbocycles. The number of amides is 1. The van der Waals surface area contributed by atoms with Crippen LogP contribution in [0.2, 0.25) is 5.02 Å². The van der Waals surface area contributed by atoms with Crippen LogP contribution in [0, 0.1) is 5.82 Å².